The van der Waals surface area contributed by atoms with Gasteiger partial charge in [-0.05, 0) is 71.4 Å². The Bertz CT molecular complexity index is 1060. The third kappa shape index (κ3) is 4.33. The third-order valence-corrected chi connectivity index (χ3v) is 8.38. The van der Waals surface area contributed by atoms with E-state index >= 15 is 0 Å². The first-order chi connectivity index (χ1) is 16.1. The average Bonchev–Trinajstić information content (AvgIpc) is 3.27. The smallest absolute Gasteiger partial charge is 0.289 e. The van der Waals surface area contributed by atoms with Gasteiger partial charge in [-0.25, -0.2) is 0 Å². The molecule has 1 aromatic carbocycles. The van der Waals surface area contributed by atoms with Crippen molar-refractivity contribution in [3.63, 3.8) is 0 Å². The van der Waals surface area contributed by atoms with Crippen molar-refractivity contribution < 1.29 is 18.7 Å². The van der Waals surface area contributed by atoms with Crippen molar-refractivity contribution in [2.45, 2.75) is 89.8 Å². The van der Waals surface area contributed by atoms with Gasteiger partial charge in [0.05, 0.1) is 13.2 Å². The van der Waals surface area contributed by atoms with E-state index < -0.39 is 5.79 Å². The number of fused-ring (bicyclic) bond motifs is 1. The molecule has 0 bridgehead atoms. The number of nitrogens with zero attached hydrogens (tertiary/aromatic N) is 1. The highest BCUT2D eigenvalue weighted by atomic mass is 16.7. The highest BCUT2D eigenvalue weighted by Gasteiger charge is 2.40. The van der Waals surface area contributed by atoms with Crippen LogP contribution in [0.25, 0.3) is 0 Å². The van der Waals surface area contributed by atoms with Crippen molar-refractivity contribution >= 4 is 5.91 Å². The molecule has 2 saturated heterocycles. The molecule has 3 heterocycles. The zero-order valence-corrected chi connectivity index (χ0v) is 21.5. The lowest BCUT2D eigenvalue weighted by molar-refractivity contribution is -0.281. The van der Waals surface area contributed by atoms with Crippen LogP contribution in [-0.4, -0.2) is 42.9 Å². The van der Waals surface area contributed by atoms with Crippen LogP contribution in [0.1, 0.15) is 98.4 Å². The Morgan fingerprint density at radius 2 is 1.53 bits per heavy atom. The Balaban J connectivity index is 1.30. The molecule has 5 rings (SSSR count). The van der Waals surface area contributed by atoms with E-state index in [4.69, 9.17) is 13.9 Å². The number of ether oxygens (including phenoxy) is 2. The monoisotopic (exact) mass is 465 g/mol. The summed E-state index contributed by atoms with van der Waals surface area (Å²) < 4.78 is 17.9. The molecule has 5 heteroatoms. The Kier molecular flexibility index (Phi) is 5.92. The molecule has 34 heavy (non-hydrogen) atoms. The van der Waals surface area contributed by atoms with Crippen molar-refractivity contribution in [3.05, 3.63) is 58.0 Å². The largest absolute Gasteiger partial charge is 0.456 e. The highest BCUT2D eigenvalue weighted by Crippen LogP contribution is 2.46. The number of piperidine rings is 1. The first kappa shape index (κ1) is 23.6. The van der Waals surface area contributed by atoms with Gasteiger partial charge < -0.3 is 18.8 Å². The maximum Gasteiger partial charge on any atom is 0.289 e. The van der Waals surface area contributed by atoms with E-state index in [0.29, 0.717) is 38.1 Å². The number of furan rings is 1. The molecule has 0 unspecified atom stereocenters. The molecule has 0 radical (unpaired) electrons. The van der Waals surface area contributed by atoms with E-state index in [1.54, 1.807) is 0 Å². The molecule has 184 valence electrons. The number of hydrogen-bond donors (Lipinski definition) is 0. The fourth-order valence-corrected chi connectivity index (χ4v) is 5.84. The van der Waals surface area contributed by atoms with E-state index in [0.717, 1.165) is 25.4 Å². The molecular weight excluding hydrogens is 426 g/mol. The van der Waals surface area contributed by atoms with Crippen LogP contribution >= 0.6 is 0 Å². The second-order valence-electron chi connectivity index (χ2n) is 11.8. The number of aryl methyl sites for hydroxylation is 1. The molecular formula is C29H39NO4. The van der Waals surface area contributed by atoms with E-state index in [1.165, 1.54) is 35.1 Å². The van der Waals surface area contributed by atoms with Gasteiger partial charge in [0.25, 0.3) is 5.91 Å². The molecule has 2 aliphatic heterocycles. The van der Waals surface area contributed by atoms with Crippen LogP contribution < -0.4 is 0 Å². The van der Waals surface area contributed by atoms with E-state index in [1.807, 2.05) is 17.0 Å². The fourth-order valence-electron chi connectivity index (χ4n) is 5.84. The van der Waals surface area contributed by atoms with Crippen LogP contribution in [0, 0.1) is 6.92 Å². The molecule has 3 aliphatic rings. The fraction of sp³-hybridized carbons (Fsp3) is 0.621. The van der Waals surface area contributed by atoms with Gasteiger partial charge in [0.2, 0.25) is 0 Å². The quantitative estimate of drug-likeness (QED) is 0.567. The van der Waals surface area contributed by atoms with Gasteiger partial charge in [-0.15, -0.1) is 0 Å². The predicted octanol–water partition coefficient (Wildman–Crippen LogP) is 5.90. The number of hydrogen-bond acceptors (Lipinski definition) is 4. The Hall–Kier alpha value is -2.11. The summed E-state index contributed by atoms with van der Waals surface area (Å²) >= 11 is 0. The summed E-state index contributed by atoms with van der Waals surface area (Å²) in [7, 11) is 0. The average molecular weight is 466 g/mol. The number of rotatable bonds is 3. The SMILES string of the molecule is Cc1cc2c(cc1Cc1ccc(C(=O)N3CCC4(CC3)OCCCO4)o1)C(C)(C)CCC2(C)C. The van der Waals surface area contributed by atoms with Crippen LogP contribution in [0.5, 0.6) is 0 Å². The number of amides is 1. The summed E-state index contributed by atoms with van der Waals surface area (Å²) in [4.78, 5) is 15.0. The van der Waals surface area contributed by atoms with Crippen LogP contribution in [0.4, 0.5) is 0 Å². The van der Waals surface area contributed by atoms with Crippen molar-refractivity contribution in [1.82, 2.24) is 4.90 Å². The second kappa shape index (κ2) is 8.53. The van der Waals surface area contributed by atoms with Gasteiger partial charge in [0.1, 0.15) is 5.76 Å². The van der Waals surface area contributed by atoms with Crippen LogP contribution in [0.2, 0.25) is 0 Å². The zero-order chi connectivity index (χ0) is 24.1. The molecule has 0 atom stereocenters. The first-order valence-electron chi connectivity index (χ1n) is 12.9. The molecule has 2 fully saturated rings. The summed E-state index contributed by atoms with van der Waals surface area (Å²) in [5.74, 6) is 0.734. The lowest BCUT2D eigenvalue weighted by Gasteiger charge is -2.43. The summed E-state index contributed by atoms with van der Waals surface area (Å²) in [6.07, 6.45) is 5.49. The number of benzene rings is 1. The van der Waals surface area contributed by atoms with Gasteiger partial charge >= 0.3 is 0 Å². The lowest BCUT2D eigenvalue weighted by Crippen LogP contribution is -2.51. The van der Waals surface area contributed by atoms with Crippen LogP contribution in [0.3, 0.4) is 0 Å². The maximum absolute atomic E-state index is 13.1. The van der Waals surface area contributed by atoms with Gasteiger partial charge in [0.15, 0.2) is 11.5 Å². The van der Waals surface area contributed by atoms with Gasteiger partial charge in [-0.1, -0.05) is 39.8 Å². The number of likely N-dealkylation sites (tertiary alicyclic amines) is 1. The molecule has 1 aliphatic carbocycles. The first-order valence-corrected chi connectivity index (χ1v) is 12.9. The molecule has 5 nitrogen and oxygen atoms in total. The minimum absolute atomic E-state index is 0.0399. The number of carbonyl (C=O) groups is 1. The summed E-state index contributed by atoms with van der Waals surface area (Å²) in [6, 6.07) is 8.57. The maximum atomic E-state index is 13.1. The van der Waals surface area contributed by atoms with Gasteiger partial charge in [-0.3, -0.25) is 4.79 Å². The van der Waals surface area contributed by atoms with E-state index in [9.17, 15) is 4.79 Å². The molecule has 0 N–H and O–H groups in total. The number of carbonyl (C=O) groups excluding carboxylic acids is 1. The van der Waals surface area contributed by atoms with Crippen LogP contribution in [-0.2, 0) is 26.7 Å². The molecule has 1 amide bonds. The highest BCUT2D eigenvalue weighted by molar-refractivity contribution is 5.91. The Labute approximate surface area is 203 Å². The minimum Gasteiger partial charge on any atom is -0.456 e. The van der Waals surface area contributed by atoms with Crippen molar-refractivity contribution in [1.29, 1.82) is 0 Å². The molecule has 1 spiro atoms. The Morgan fingerprint density at radius 1 is 0.912 bits per heavy atom. The summed E-state index contributed by atoms with van der Waals surface area (Å²) in [6.45, 7) is 14.4. The van der Waals surface area contributed by atoms with Crippen molar-refractivity contribution in [2.24, 2.45) is 0 Å². The standard InChI is InChI=1S/C29H39NO4/c1-20-17-23-24(28(4,5)10-9-27(23,2)3)19-21(20)18-22-7-8-25(34-22)26(31)30-13-11-29(12-14-30)32-15-6-16-33-29/h7-8,17,19H,6,9-16,18H2,1-5H3. The van der Waals surface area contributed by atoms with E-state index in [2.05, 4.69) is 46.8 Å². The molecule has 0 saturated carbocycles. The zero-order valence-electron chi connectivity index (χ0n) is 21.5. The van der Waals surface area contributed by atoms with Gasteiger partial charge in [-0.2, -0.15) is 0 Å². The summed E-state index contributed by atoms with van der Waals surface area (Å²) in [5.41, 5.74) is 5.90. The molecule has 1 aromatic heterocycles. The van der Waals surface area contributed by atoms with E-state index in [-0.39, 0.29) is 16.7 Å². The van der Waals surface area contributed by atoms with Crippen molar-refractivity contribution in [3.8, 4) is 0 Å². The molecule has 2 aromatic rings. The third-order valence-electron chi connectivity index (χ3n) is 8.38. The second-order valence-corrected chi connectivity index (χ2v) is 11.8. The van der Waals surface area contributed by atoms with Gasteiger partial charge in [0, 0.05) is 32.4 Å². The minimum atomic E-state index is -0.490. The summed E-state index contributed by atoms with van der Waals surface area (Å²) in [5, 5.41) is 0. The van der Waals surface area contributed by atoms with Crippen molar-refractivity contribution in [2.75, 3.05) is 26.3 Å². The Morgan fingerprint density at radius 3 is 2.18 bits per heavy atom. The lowest BCUT2D eigenvalue weighted by atomic mass is 9.62. The normalized spacial score (nSPS) is 23.0. The van der Waals surface area contributed by atoms with Crippen LogP contribution in [0.15, 0.2) is 28.7 Å². The predicted molar refractivity (Wildman–Crippen MR) is 132 cm³/mol. The topological polar surface area (TPSA) is 51.9 Å².